The van der Waals surface area contributed by atoms with Crippen LogP contribution in [0.5, 0.6) is 5.75 Å². The summed E-state index contributed by atoms with van der Waals surface area (Å²) >= 11 is 0. The van der Waals surface area contributed by atoms with Gasteiger partial charge in [0, 0.05) is 0 Å². The van der Waals surface area contributed by atoms with Gasteiger partial charge in [-0.25, -0.2) is 9.59 Å². The molecule has 0 saturated carbocycles. The van der Waals surface area contributed by atoms with Crippen LogP contribution in [0.1, 0.15) is 47.4 Å². The highest BCUT2D eigenvalue weighted by atomic mass is 16.6. The molecule has 0 aromatic heterocycles. The van der Waals surface area contributed by atoms with Crippen LogP contribution in [0, 0.1) is 22.7 Å². The first-order valence-electron chi connectivity index (χ1n) is 12.8. The van der Waals surface area contributed by atoms with Crippen LogP contribution in [0.3, 0.4) is 0 Å². The zero-order chi connectivity index (χ0) is 28.2. The summed E-state index contributed by atoms with van der Waals surface area (Å²) in [5.74, 6) is -6.07. The molecular formula is C28H32O11. The van der Waals surface area contributed by atoms with Crippen molar-refractivity contribution in [1.82, 2.24) is 0 Å². The number of carboxylic acids is 2. The molecule has 1 aromatic rings. The number of aliphatic carboxylic acids is 1. The van der Waals surface area contributed by atoms with Crippen LogP contribution in [0.15, 0.2) is 42.2 Å². The van der Waals surface area contributed by atoms with E-state index in [1.165, 1.54) is 36.4 Å². The highest BCUT2D eigenvalue weighted by Crippen LogP contribution is 2.34. The van der Waals surface area contributed by atoms with Gasteiger partial charge in [0.05, 0.1) is 60.2 Å². The molecule has 0 radical (unpaired) electrons. The highest BCUT2D eigenvalue weighted by molar-refractivity contribution is 6.02. The Balaban J connectivity index is 1.50. The first kappa shape index (κ1) is 28.3. The molecule has 1 aliphatic carbocycles. The third kappa shape index (κ3) is 6.15. The van der Waals surface area contributed by atoms with Gasteiger partial charge in [0.1, 0.15) is 24.7 Å². The minimum Gasteiger partial charge on any atom is -0.481 e. The minimum atomic E-state index is -1.31. The molecule has 2 saturated heterocycles. The van der Waals surface area contributed by atoms with E-state index in [9.17, 15) is 29.4 Å². The Morgan fingerprint density at radius 3 is 2.03 bits per heavy atom. The Bertz CT molecular complexity index is 1180. The Kier molecular flexibility index (Phi) is 8.41. The summed E-state index contributed by atoms with van der Waals surface area (Å²) in [5, 5.41) is 19.2. The summed E-state index contributed by atoms with van der Waals surface area (Å²) in [6.07, 6.45) is 5.57. The Morgan fingerprint density at radius 1 is 0.897 bits per heavy atom. The van der Waals surface area contributed by atoms with Crippen molar-refractivity contribution < 1.29 is 53.1 Å². The SMILES string of the molecule is CCC1(COC(=O)c2cc(OC3=CC(C(=O)OCC4(CC)COC4)C(C(=O)O)C=C3)ccc2C(=O)O)COC1. The lowest BCUT2D eigenvalue weighted by Gasteiger charge is -2.40. The maximum absolute atomic E-state index is 12.9. The second kappa shape index (κ2) is 11.6. The number of benzene rings is 1. The molecule has 4 rings (SSSR count). The first-order chi connectivity index (χ1) is 18.6. The van der Waals surface area contributed by atoms with E-state index in [0.29, 0.717) is 26.4 Å². The van der Waals surface area contributed by atoms with E-state index in [1.807, 2.05) is 13.8 Å². The van der Waals surface area contributed by atoms with E-state index in [0.717, 1.165) is 12.8 Å². The molecule has 39 heavy (non-hydrogen) atoms. The van der Waals surface area contributed by atoms with Crippen molar-refractivity contribution in [3.05, 3.63) is 53.3 Å². The number of aromatic carboxylic acids is 1. The van der Waals surface area contributed by atoms with Gasteiger partial charge in [-0.3, -0.25) is 9.59 Å². The van der Waals surface area contributed by atoms with Gasteiger partial charge in [0.15, 0.2) is 0 Å². The zero-order valence-corrected chi connectivity index (χ0v) is 21.8. The fraction of sp³-hybridized carbons (Fsp3) is 0.500. The molecule has 3 aliphatic rings. The van der Waals surface area contributed by atoms with Crippen molar-refractivity contribution in [3.63, 3.8) is 0 Å². The van der Waals surface area contributed by atoms with Crippen molar-refractivity contribution in [2.45, 2.75) is 26.7 Å². The third-order valence-electron chi connectivity index (χ3n) is 7.60. The molecule has 2 fully saturated rings. The lowest BCUT2D eigenvalue weighted by Crippen LogP contribution is -2.46. The lowest BCUT2D eigenvalue weighted by atomic mass is 9.84. The normalized spacial score (nSPS) is 22.5. The number of rotatable bonds is 12. The fourth-order valence-corrected chi connectivity index (χ4v) is 4.43. The summed E-state index contributed by atoms with van der Waals surface area (Å²) in [5.41, 5.74) is -0.995. The van der Waals surface area contributed by atoms with Crippen LogP contribution in [0.2, 0.25) is 0 Å². The maximum atomic E-state index is 12.9. The van der Waals surface area contributed by atoms with Gasteiger partial charge in [-0.05, 0) is 43.2 Å². The average molecular weight is 545 g/mol. The van der Waals surface area contributed by atoms with E-state index in [4.69, 9.17) is 23.7 Å². The predicted molar refractivity (Wildman–Crippen MR) is 134 cm³/mol. The molecule has 2 atom stereocenters. The van der Waals surface area contributed by atoms with Crippen LogP contribution in [0.4, 0.5) is 0 Å². The van der Waals surface area contributed by atoms with Crippen LogP contribution >= 0.6 is 0 Å². The first-order valence-corrected chi connectivity index (χ1v) is 12.8. The molecule has 2 heterocycles. The van der Waals surface area contributed by atoms with E-state index < -0.39 is 35.7 Å². The number of ether oxygens (including phenoxy) is 5. The minimum absolute atomic E-state index is 0.0895. The largest absolute Gasteiger partial charge is 0.481 e. The number of allylic oxidation sites excluding steroid dienone is 1. The molecule has 11 nitrogen and oxygen atoms in total. The van der Waals surface area contributed by atoms with Crippen molar-refractivity contribution in [1.29, 1.82) is 0 Å². The van der Waals surface area contributed by atoms with Gasteiger partial charge in [-0.1, -0.05) is 19.9 Å². The van der Waals surface area contributed by atoms with E-state index in [-0.39, 0.29) is 46.7 Å². The molecule has 11 heteroatoms. The highest BCUT2D eigenvalue weighted by Gasteiger charge is 2.41. The van der Waals surface area contributed by atoms with E-state index >= 15 is 0 Å². The van der Waals surface area contributed by atoms with Gasteiger partial charge in [0.25, 0.3) is 0 Å². The summed E-state index contributed by atoms with van der Waals surface area (Å²) < 4.78 is 27.2. The van der Waals surface area contributed by atoms with E-state index in [1.54, 1.807) is 0 Å². The van der Waals surface area contributed by atoms with Crippen molar-refractivity contribution in [2.24, 2.45) is 22.7 Å². The summed E-state index contributed by atoms with van der Waals surface area (Å²) in [7, 11) is 0. The second-order valence-electron chi connectivity index (χ2n) is 10.3. The Hall–Kier alpha value is -3.70. The van der Waals surface area contributed by atoms with Gasteiger partial charge >= 0.3 is 23.9 Å². The van der Waals surface area contributed by atoms with Gasteiger partial charge in [-0.2, -0.15) is 0 Å². The van der Waals surface area contributed by atoms with Crippen LogP contribution in [-0.2, 0) is 28.5 Å². The lowest BCUT2D eigenvalue weighted by molar-refractivity contribution is -0.175. The molecule has 0 spiro atoms. The van der Waals surface area contributed by atoms with Gasteiger partial charge in [0.2, 0.25) is 0 Å². The van der Waals surface area contributed by atoms with E-state index in [2.05, 4.69) is 0 Å². The number of hydrogen-bond acceptors (Lipinski definition) is 9. The molecule has 0 bridgehead atoms. The van der Waals surface area contributed by atoms with Gasteiger partial charge in [-0.15, -0.1) is 0 Å². The molecule has 1 aromatic carbocycles. The molecular weight excluding hydrogens is 512 g/mol. The average Bonchev–Trinajstić information content (AvgIpc) is 2.87. The van der Waals surface area contributed by atoms with Crippen molar-refractivity contribution in [2.75, 3.05) is 39.6 Å². The van der Waals surface area contributed by atoms with Gasteiger partial charge < -0.3 is 33.9 Å². The topological polar surface area (TPSA) is 155 Å². The quantitative estimate of drug-likeness (QED) is 0.373. The molecule has 2 aliphatic heterocycles. The Morgan fingerprint density at radius 2 is 1.51 bits per heavy atom. The summed E-state index contributed by atoms with van der Waals surface area (Å²) in [6, 6.07) is 3.83. The van der Waals surface area contributed by atoms with Crippen LogP contribution < -0.4 is 4.74 Å². The Labute approximate surface area is 225 Å². The molecule has 0 amide bonds. The number of esters is 2. The number of carboxylic acid groups (broad SMARTS) is 2. The fourth-order valence-electron chi connectivity index (χ4n) is 4.43. The predicted octanol–water partition coefficient (Wildman–Crippen LogP) is 3.09. The zero-order valence-electron chi connectivity index (χ0n) is 21.8. The van der Waals surface area contributed by atoms with Crippen LogP contribution in [-0.4, -0.2) is 73.7 Å². The van der Waals surface area contributed by atoms with Crippen molar-refractivity contribution >= 4 is 23.9 Å². The number of carbonyl (C=O) groups is 4. The molecule has 2 unspecified atom stereocenters. The second-order valence-corrected chi connectivity index (χ2v) is 10.3. The standard InChI is InChI=1S/C28H32O11/c1-3-27(11-35-12-27)15-37-25(33)21-9-17(5-7-19(21)23(29)30)39-18-6-8-20(24(31)32)22(10-18)26(34)38-16-28(4-2)13-36-14-28/h5-10,19,21H,3-4,11-16H2,1-2H3,(H,29,30)(H,31,32). The monoisotopic (exact) mass is 544 g/mol. The number of carbonyl (C=O) groups excluding carboxylic acids is 2. The summed E-state index contributed by atoms with van der Waals surface area (Å²) in [6.45, 7) is 5.99. The molecule has 210 valence electrons. The smallest absolute Gasteiger partial charge is 0.339 e. The van der Waals surface area contributed by atoms with Crippen molar-refractivity contribution in [3.8, 4) is 5.75 Å². The third-order valence-corrected chi connectivity index (χ3v) is 7.60. The number of hydrogen-bond donors (Lipinski definition) is 2. The summed E-state index contributed by atoms with van der Waals surface area (Å²) in [4.78, 5) is 49.3. The van der Waals surface area contributed by atoms with Crippen LogP contribution in [0.25, 0.3) is 0 Å². The maximum Gasteiger partial charge on any atom is 0.339 e. The molecule has 2 N–H and O–H groups in total.